The van der Waals surface area contributed by atoms with Gasteiger partial charge in [-0.15, -0.1) is 0 Å². The molecule has 0 aliphatic carbocycles. The minimum atomic E-state index is 1.13. The Balaban J connectivity index is 2.12. The van der Waals surface area contributed by atoms with Crippen molar-refractivity contribution < 1.29 is 0 Å². The molecule has 0 atom stereocenters. The van der Waals surface area contributed by atoms with E-state index in [4.69, 9.17) is 4.98 Å². The van der Waals surface area contributed by atoms with Crippen LogP contribution in [0.25, 0.3) is 11.3 Å². The van der Waals surface area contributed by atoms with Gasteiger partial charge >= 0.3 is 0 Å². The van der Waals surface area contributed by atoms with Crippen LogP contribution in [0.1, 0.15) is 81.9 Å². The van der Waals surface area contributed by atoms with Gasteiger partial charge in [-0.05, 0) is 49.8 Å². The van der Waals surface area contributed by atoms with Crippen molar-refractivity contribution in [1.82, 2.24) is 4.98 Å². The monoisotopic (exact) mass is 337 g/mol. The number of nitrogens with zero attached hydrogens (tertiary/aromatic N) is 1. The average molecular weight is 338 g/mol. The number of hydrogen-bond donors (Lipinski definition) is 0. The van der Waals surface area contributed by atoms with Gasteiger partial charge in [0.1, 0.15) is 0 Å². The van der Waals surface area contributed by atoms with Crippen molar-refractivity contribution in [2.75, 3.05) is 0 Å². The van der Waals surface area contributed by atoms with E-state index in [9.17, 15) is 0 Å². The second-order valence-corrected chi connectivity index (χ2v) is 7.33. The van der Waals surface area contributed by atoms with E-state index in [1.165, 1.54) is 86.5 Å². The standard InChI is InChI=1S/C24H35N/c1-4-6-8-10-12-22-18-24(21-16-14-20(3)15-17-21)25-19-23(22)13-11-9-7-5-2/h14-19H,4-13H2,1-3H3. The van der Waals surface area contributed by atoms with Crippen LogP contribution in [-0.2, 0) is 12.8 Å². The molecule has 0 unspecified atom stereocenters. The number of benzene rings is 1. The zero-order chi connectivity index (χ0) is 17.9. The summed E-state index contributed by atoms with van der Waals surface area (Å²) in [5.41, 5.74) is 6.67. The molecule has 25 heavy (non-hydrogen) atoms. The summed E-state index contributed by atoms with van der Waals surface area (Å²) in [4.78, 5) is 4.78. The quantitative estimate of drug-likeness (QED) is 0.392. The van der Waals surface area contributed by atoms with Gasteiger partial charge in [0, 0.05) is 11.8 Å². The van der Waals surface area contributed by atoms with Crippen LogP contribution in [0.5, 0.6) is 0 Å². The summed E-state index contributed by atoms with van der Waals surface area (Å²) >= 11 is 0. The van der Waals surface area contributed by atoms with Crippen molar-refractivity contribution in [2.45, 2.75) is 85.0 Å². The van der Waals surface area contributed by atoms with Gasteiger partial charge in [0.25, 0.3) is 0 Å². The molecule has 1 heteroatoms. The fourth-order valence-electron chi connectivity index (χ4n) is 3.35. The summed E-state index contributed by atoms with van der Waals surface area (Å²) in [6.07, 6.45) is 15.1. The molecule has 0 aliphatic rings. The lowest BCUT2D eigenvalue weighted by Gasteiger charge is -2.12. The fourth-order valence-corrected chi connectivity index (χ4v) is 3.35. The van der Waals surface area contributed by atoms with Crippen LogP contribution in [0.15, 0.2) is 36.5 Å². The van der Waals surface area contributed by atoms with Gasteiger partial charge in [0.2, 0.25) is 0 Å². The Hall–Kier alpha value is -1.63. The van der Waals surface area contributed by atoms with Crippen molar-refractivity contribution in [3.63, 3.8) is 0 Å². The van der Waals surface area contributed by atoms with Crippen molar-refractivity contribution in [1.29, 1.82) is 0 Å². The molecule has 136 valence electrons. The van der Waals surface area contributed by atoms with Gasteiger partial charge in [0.05, 0.1) is 5.69 Å². The first-order chi connectivity index (χ1) is 12.2. The van der Waals surface area contributed by atoms with E-state index in [1.807, 2.05) is 0 Å². The van der Waals surface area contributed by atoms with Gasteiger partial charge in [-0.3, -0.25) is 4.98 Å². The summed E-state index contributed by atoms with van der Waals surface area (Å²) < 4.78 is 0. The third-order valence-electron chi connectivity index (χ3n) is 5.03. The maximum absolute atomic E-state index is 4.78. The Morgan fingerprint density at radius 1 is 0.720 bits per heavy atom. The minimum Gasteiger partial charge on any atom is -0.256 e. The van der Waals surface area contributed by atoms with Crippen molar-refractivity contribution in [3.05, 3.63) is 53.2 Å². The van der Waals surface area contributed by atoms with E-state index >= 15 is 0 Å². The highest BCUT2D eigenvalue weighted by Gasteiger charge is 2.07. The molecule has 2 rings (SSSR count). The molecule has 0 amide bonds. The first kappa shape index (κ1) is 19.7. The third-order valence-corrected chi connectivity index (χ3v) is 5.03. The van der Waals surface area contributed by atoms with Crippen LogP contribution < -0.4 is 0 Å². The largest absolute Gasteiger partial charge is 0.256 e. The number of rotatable bonds is 11. The van der Waals surface area contributed by atoms with Crippen LogP contribution in [-0.4, -0.2) is 4.98 Å². The van der Waals surface area contributed by atoms with Crippen LogP contribution in [0.4, 0.5) is 0 Å². The molecule has 0 aliphatic heterocycles. The normalized spacial score (nSPS) is 11.0. The van der Waals surface area contributed by atoms with Crippen LogP contribution >= 0.6 is 0 Å². The summed E-state index contributed by atoms with van der Waals surface area (Å²) in [5, 5.41) is 0. The van der Waals surface area contributed by atoms with E-state index in [0.717, 1.165) is 5.69 Å². The zero-order valence-electron chi connectivity index (χ0n) is 16.5. The molecule has 1 nitrogen and oxygen atoms in total. The maximum Gasteiger partial charge on any atom is 0.0704 e. The molecule has 1 heterocycles. The average Bonchev–Trinajstić information content (AvgIpc) is 2.64. The van der Waals surface area contributed by atoms with E-state index in [0.29, 0.717) is 0 Å². The Kier molecular flexibility index (Phi) is 8.72. The molecule has 1 aromatic heterocycles. The molecular formula is C24H35N. The molecule has 0 N–H and O–H groups in total. The molecule has 0 spiro atoms. The van der Waals surface area contributed by atoms with Crippen molar-refractivity contribution >= 4 is 0 Å². The topological polar surface area (TPSA) is 12.9 Å². The molecule has 1 aromatic carbocycles. The molecule has 0 bridgehead atoms. The second-order valence-electron chi connectivity index (χ2n) is 7.33. The van der Waals surface area contributed by atoms with Gasteiger partial charge in [0.15, 0.2) is 0 Å². The predicted octanol–water partition coefficient (Wildman–Crippen LogP) is 7.30. The van der Waals surface area contributed by atoms with Crippen LogP contribution in [0, 0.1) is 6.92 Å². The highest BCUT2D eigenvalue weighted by atomic mass is 14.7. The Morgan fingerprint density at radius 3 is 1.92 bits per heavy atom. The summed E-state index contributed by atoms with van der Waals surface area (Å²) in [6.45, 7) is 6.69. The summed E-state index contributed by atoms with van der Waals surface area (Å²) in [7, 11) is 0. The lowest BCUT2D eigenvalue weighted by atomic mass is 9.96. The molecular weight excluding hydrogens is 302 g/mol. The minimum absolute atomic E-state index is 1.13. The van der Waals surface area contributed by atoms with Gasteiger partial charge in [-0.25, -0.2) is 0 Å². The summed E-state index contributed by atoms with van der Waals surface area (Å²) in [5.74, 6) is 0. The van der Waals surface area contributed by atoms with Crippen LogP contribution in [0.3, 0.4) is 0 Å². The molecule has 0 saturated carbocycles. The first-order valence-electron chi connectivity index (χ1n) is 10.3. The van der Waals surface area contributed by atoms with Crippen LogP contribution in [0.2, 0.25) is 0 Å². The highest BCUT2D eigenvalue weighted by Crippen LogP contribution is 2.23. The number of hydrogen-bond acceptors (Lipinski definition) is 1. The third kappa shape index (κ3) is 6.65. The highest BCUT2D eigenvalue weighted by molar-refractivity contribution is 5.60. The molecule has 0 saturated heterocycles. The number of pyridine rings is 1. The van der Waals surface area contributed by atoms with E-state index < -0.39 is 0 Å². The lowest BCUT2D eigenvalue weighted by molar-refractivity contribution is 0.649. The van der Waals surface area contributed by atoms with E-state index in [1.54, 1.807) is 0 Å². The molecule has 0 fully saturated rings. The Morgan fingerprint density at radius 2 is 1.32 bits per heavy atom. The number of aromatic nitrogens is 1. The fraction of sp³-hybridized carbons (Fsp3) is 0.542. The zero-order valence-corrected chi connectivity index (χ0v) is 16.5. The Labute approximate surface area is 154 Å². The SMILES string of the molecule is CCCCCCc1cnc(-c2ccc(C)cc2)cc1CCCCCC. The second kappa shape index (κ2) is 11.1. The number of aryl methyl sites for hydroxylation is 3. The predicted molar refractivity (Wildman–Crippen MR) is 110 cm³/mol. The first-order valence-corrected chi connectivity index (χ1v) is 10.3. The molecule has 0 radical (unpaired) electrons. The molecule has 2 aromatic rings. The number of unbranched alkanes of at least 4 members (excludes halogenated alkanes) is 6. The summed E-state index contributed by atoms with van der Waals surface area (Å²) in [6, 6.07) is 11.1. The van der Waals surface area contributed by atoms with E-state index in [-0.39, 0.29) is 0 Å². The Bertz CT molecular complexity index is 612. The smallest absolute Gasteiger partial charge is 0.0704 e. The van der Waals surface area contributed by atoms with Crippen molar-refractivity contribution in [3.8, 4) is 11.3 Å². The van der Waals surface area contributed by atoms with Gasteiger partial charge < -0.3 is 0 Å². The van der Waals surface area contributed by atoms with Crippen molar-refractivity contribution in [2.24, 2.45) is 0 Å². The van der Waals surface area contributed by atoms with Gasteiger partial charge in [-0.1, -0.05) is 82.2 Å². The lowest BCUT2D eigenvalue weighted by Crippen LogP contribution is -1.99. The van der Waals surface area contributed by atoms with E-state index in [2.05, 4.69) is 57.3 Å². The van der Waals surface area contributed by atoms with Gasteiger partial charge in [-0.2, -0.15) is 0 Å². The maximum atomic E-state index is 4.78.